The van der Waals surface area contributed by atoms with E-state index in [1.807, 2.05) is 45.0 Å². The zero-order valence-corrected chi connectivity index (χ0v) is 12.5. The van der Waals surface area contributed by atoms with Gasteiger partial charge in [0.1, 0.15) is 5.75 Å². The van der Waals surface area contributed by atoms with Crippen molar-refractivity contribution >= 4 is 5.91 Å². The average Bonchev–Trinajstić information content (AvgIpc) is 2.38. The van der Waals surface area contributed by atoms with Crippen LogP contribution in [0.4, 0.5) is 0 Å². The lowest BCUT2D eigenvalue weighted by atomic mass is 10.1. The van der Waals surface area contributed by atoms with Crippen molar-refractivity contribution in [3.8, 4) is 5.75 Å². The second kappa shape index (κ2) is 8.38. The topological polar surface area (TPSA) is 50.4 Å². The van der Waals surface area contributed by atoms with Crippen LogP contribution in [0.3, 0.4) is 0 Å². The molecule has 0 aliphatic carbocycles. The summed E-state index contributed by atoms with van der Waals surface area (Å²) in [5.41, 5.74) is 1.03. The first-order valence-corrected chi connectivity index (χ1v) is 6.90. The number of benzene rings is 1. The zero-order valence-electron chi connectivity index (χ0n) is 12.5. The van der Waals surface area contributed by atoms with Gasteiger partial charge in [0.15, 0.2) is 0 Å². The van der Waals surface area contributed by atoms with Crippen molar-refractivity contribution in [3.05, 3.63) is 42.5 Å². The Morgan fingerprint density at radius 2 is 2.15 bits per heavy atom. The van der Waals surface area contributed by atoms with E-state index in [0.717, 1.165) is 11.3 Å². The summed E-state index contributed by atoms with van der Waals surface area (Å²) in [6.45, 7) is 10.4. The fraction of sp³-hybridized carbons (Fsp3) is 0.438. The third kappa shape index (κ3) is 5.89. The molecule has 2 N–H and O–H groups in total. The predicted octanol–water partition coefficient (Wildman–Crippen LogP) is 2.43. The second-order valence-electron chi connectivity index (χ2n) is 4.95. The number of hydrogen-bond donors (Lipinski definition) is 2. The third-order valence-corrected chi connectivity index (χ3v) is 2.68. The highest BCUT2D eigenvalue weighted by Crippen LogP contribution is 2.19. The van der Waals surface area contributed by atoms with E-state index in [1.165, 1.54) is 0 Å². The van der Waals surface area contributed by atoms with Gasteiger partial charge in [0.2, 0.25) is 5.91 Å². The Bertz CT molecular complexity index is 444. The lowest BCUT2D eigenvalue weighted by molar-refractivity contribution is -0.120. The first-order valence-electron chi connectivity index (χ1n) is 6.90. The van der Waals surface area contributed by atoms with Gasteiger partial charge in [0.05, 0.1) is 18.7 Å². The normalized spacial score (nSPS) is 12.0. The SMILES string of the molecule is C=CCNCC(=O)NC(C)c1cccc(OC(C)C)c1. The largest absolute Gasteiger partial charge is 0.491 e. The molecule has 1 aromatic rings. The molecule has 110 valence electrons. The summed E-state index contributed by atoms with van der Waals surface area (Å²) in [5.74, 6) is 0.790. The molecule has 0 fully saturated rings. The van der Waals surface area contributed by atoms with E-state index in [9.17, 15) is 4.79 Å². The third-order valence-electron chi connectivity index (χ3n) is 2.68. The molecule has 4 nitrogen and oxygen atoms in total. The number of nitrogens with one attached hydrogen (secondary N) is 2. The van der Waals surface area contributed by atoms with Crippen molar-refractivity contribution < 1.29 is 9.53 Å². The summed E-state index contributed by atoms with van der Waals surface area (Å²) in [4.78, 5) is 11.7. The summed E-state index contributed by atoms with van der Waals surface area (Å²) in [6, 6.07) is 7.75. The number of hydrogen-bond acceptors (Lipinski definition) is 3. The van der Waals surface area contributed by atoms with Gasteiger partial charge < -0.3 is 15.4 Å². The molecule has 0 bridgehead atoms. The molecule has 1 rings (SSSR count). The molecule has 1 aromatic carbocycles. The number of rotatable bonds is 8. The molecule has 0 spiro atoms. The molecular formula is C16H24N2O2. The van der Waals surface area contributed by atoms with Gasteiger partial charge in [-0.15, -0.1) is 6.58 Å². The summed E-state index contributed by atoms with van der Waals surface area (Å²) in [5, 5.41) is 5.92. The van der Waals surface area contributed by atoms with Gasteiger partial charge in [0.25, 0.3) is 0 Å². The minimum absolute atomic E-state index is 0.0328. The summed E-state index contributed by atoms with van der Waals surface area (Å²) in [6.07, 6.45) is 1.86. The van der Waals surface area contributed by atoms with Crippen molar-refractivity contribution in [2.45, 2.75) is 32.9 Å². The number of carbonyl (C=O) groups is 1. The Balaban J connectivity index is 2.56. The van der Waals surface area contributed by atoms with Crippen LogP contribution >= 0.6 is 0 Å². The van der Waals surface area contributed by atoms with Crippen LogP contribution in [0.1, 0.15) is 32.4 Å². The molecule has 1 unspecified atom stereocenters. The lowest BCUT2D eigenvalue weighted by Crippen LogP contribution is -2.35. The van der Waals surface area contributed by atoms with E-state index >= 15 is 0 Å². The van der Waals surface area contributed by atoms with E-state index in [2.05, 4.69) is 17.2 Å². The molecule has 1 amide bonds. The molecular weight excluding hydrogens is 252 g/mol. The van der Waals surface area contributed by atoms with Gasteiger partial charge in [-0.2, -0.15) is 0 Å². The Morgan fingerprint density at radius 3 is 2.80 bits per heavy atom. The van der Waals surface area contributed by atoms with Crippen molar-refractivity contribution in [1.29, 1.82) is 0 Å². The van der Waals surface area contributed by atoms with E-state index in [1.54, 1.807) is 6.08 Å². The van der Waals surface area contributed by atoms with E-state index in [0.29, 0.717) is 13.1 Å². The summed E-state index contributed by atoms with van der Waals surface area (Å²) in [7, 11) is 0. The van der Waals surface area contributed by atoms with E-state index in [-0.39, 0.29) is 18.1 Å². The van der Waals surface area contributed by atoms with Gasteiger partial charge in [0, 0.05) is 6.54 Å². The Hall–Kier alpha value is -1.81. The zero-order chi connectivity index (χ0) is 15.0. The smallest absolute Gasteiger partial charge is 0.234 e. The van der Waals surface area contributed by atoms with Crippen LogP contribution < -0.4 is 15.4 Å². The average molecular weight is 276 g/mol. The Morgan fingerprint density at radius 1 is 1.40 bits per heavy atom. The Labute approximate surface area is 121 Å². The van der Waals surface area contributed by atoms with Gasteiger partial charge >= 0.3 is 0 Å². The lowest BCUT2D eigenvalue weighted by Gasteiger charge is -2.16. The van der Waals surface area contributed by atoms with E-state index in [4.69, 9.17) is 4.74 Å². The number of amides is 1. The van der Waals surface area contributed by atoms with Crippen LogP contribution in [0.5, 0.6) is 5.75 Å². The maximum Gasteiger partial charge on any atom is 0.234 e. The summed E-state index contributed by atoms with van der Waals surface area (Å²) >= 11 is 0. The van der Waals surface area contributed by atoms with Crippen LogP contribution in [-0.4, -0.2) is 25.1 Å². The van der Waals surface area contributed by atoms with Crippen LogP contribution in [0.2, 0.25) is 0 Å². The number of ether oxygens (including phenoxy) is 1. The van der Waals surface area contributed by atoms with Gasteiger partial charge in [-0.1, -0.05) is 18.2 Å². The maximum absolute atomic E-state index is 11.7. The quantitative estimate of drug-likeness (QED) is 0.566. The highest BCUT2D eigenvalue weighted by molar-refractivity contribution is 5.78. The molecule has 1 atom stereocenters. The van der Waals surface area contributed by atoms with E-state index < -0.39 is 0 Å². The van der Waals surface area contributed by atoms with Crippen LogP contribution in [0.25, 0.3) is 0 Å². The van der Waals surface area contributed by atoms with Crippen LogP contribution in [0.15, 0.2) is 36.9 Å². The molecule has 0 saturated heterocycles. The minimum atomic E-state index is -0.0521. The second-order valence-corrected chi connectivity index (χ2v) is 4.95. The molecule has 0 aliphatic heterocycles. The minimum Gasteiger partial charge on any atom is -0.491 e. The molecule has 0 radical (unpaired) electrons. The number of carbonyl (C=O) groups excluding carboxylic acids is 1. The monoisotopic (exact) mass is 276 g/mol. The Kier molecular flexibility index (Phi) is 6.81. The fourth-order valence-corrected chi connectivity index (χ4v) is 1.79. The molecule has 0 saturated carbocycles. The van der Waals surface area contributed by atoms with Crippen LogP contribution in [0, 0.1) is 0 Å². The van der Waals surface area contributed by atoms with Gasteiger partial charge in [-0.3, -0.25) is 4.79 Å². The van der Waals surface area contributed by atoms with Crippen molar-refractivity contribution in [2.24, 2.45) is 0 Å². The first kappa shape index (κ1) is 16.2. The highest BCUT2D eigenvalue weighted by atomic mass is 16.5. The molecule has 0 aromatic heterocycles. The summed E-state index contributed by atoms with van der Waals surface area (Å²) < 4.78 is 5.65. The van der Waals surface area contributed by atoms with Gasteiger partial charge in [-0.05, 0) is 38.5 Å². The predicted molar refractivity (Wildman–Crippen MR) is 81.8 cm³/mol. The standard InChI is InChI=1S/C16H24N2O2/c1-5-9-17-11-16(19)18-13(4)14-7-6-8-15(10-14)20-12(2)3/h5-8,10,12-13,17H,1,9,11H2,2-4H3,(H,18,19). The molecule has 0 heterocycles. The maximum atomic E-state index is 11.7. The highest BCUT2D eigenvalue weighted by Gasteiger charge is 2.10. The molecule has 20 heavy (non-hydrogen) atoms. The van der Waals surface area contributed by atoms with Gasteiger partial charge in [-0.25, -0.2) is 0 Å². The van der Waals surface area contributed by atoms with Crippen molar-refractivity contribution in [2.75, 3.05) is 13.1 Å². The molecule has 4 heteroatoms. The van der Waals surface area contributed by atoms with Crippen molar-refractivity contribution in [3.63, 3.8) is 0 Å². The van der Waals surface area contributed by atoms with Crippen molar-refractivity contribution in [1.82, 2.24) is 10.6 Å². The molecule has 0 aliphatic rings. The van der Waals surface area contributed by atoms with Crippen LogP contribution in [-0.2, 0) is 4.79 Å². The first-order chi connectivity index (χ1) is 9.52. The fourth-order valence-electron chi connectivity index (χ4n) is 1.79.